The molecule has 0 aromatic heterocycles. The van der Waals surface area contributed by atoms with Crippen molar-refractivity contribution in [2.45, 2.75) is 25.7 Å². The van der Waals surface area contributed by atoms with Gasteiger partial charge < -0.3 is 0 Å². The zero-order chi connectivity index (χ0) is 13.4. The quantitative estimate of drug-likeness (QED) is 0.720. The van der Waals surface area contributed by atoms with Gasteiger partial charge in [0, 0.05) is 11.1 Å². The number of rotatable bonds is 1. The van der Waals surface area contributed by atoms with Crippen LogP contribution in [0, 0.1) is 11.3 Å². The van der Waals surface area contributed by atoms with Crippen LogP contribution in [0.2, 0.25) is 0 Å². The van der Waals surface area contributed by atoms with Gasteiger partial charge in [-0.1, -0.05) is 0 Å². The number of imide groups is 1. The standard InChI is InChI=1S/C15H12N2O2/c16-9-10-5-7-11(8-6-10)17-14(18)12-3-1-2-4-13(12)15(17)19/h5-8H,1-4H2. The van der Waals surface area contributed by atoms with Crippen LogP contribution in [0.1, 0.15) is 31.2 Å². The Labute approximate surface area is 110 Å². The maximum atomic E-state index is 12.3. The van der Waals surface area contributed by atoms with Crippen molar-refractivity contribution in [1.29, 1.82) is 5.26 Å². The summed E-state index contributed by atoms with van der Waals surface area (Å²) >= 11 is 0. The monoisotopic (exact) mass is 252 g/mol. The highest BCUT2D eigenvalue weighted by Crippen LogP contribution is 2.35. The van der Waals surface area contributed by atoms with Gasteiger partial charge in [-0.05, 0) is 49.9 Å². The molecule has 1 heterocycles. The van der Waals surface area contributed by atoms with Crippen molar-refractivity contribution in [2.75, 3.05) is 4.90 Å². The summed E-state index contributed by atoms with van der Waals surface area (Å²) in [6.45, 7) is 0. The molecule has 0 fully saturated rings. The number of carbonyl (C=O) groups excluding carboxylic acids is 2. The minimum Gasteiger partial charge on any atom is -0.269 e. The number of amides is 2. The minimum atomic E-state index is -0.190. The Hall–Kier alpha value is -2.41. The van der Waals surface area contributed by atoms with Crippen LogP contribution in [0.3, 0.4) is 0 Å². The highest BCUT2D eigenvalue weighted by molar-refractivity contribution is 6.33. The summed E-state index contributed by atoms with van der Waals surface area (Å²) in [7, 11) is 0. The summed E-state index contributed by atoms with van der Waals surface area (Å²) in [5.41, 5.74) is 2.42. The van der Waals surface area contributed by atoms with Gasteiger partial charge in [0.25, 0.3) is 11.8 Å². The highest BCUT2D eigenvalue weighted by atomic mass is 16.2. The highest BCUT2D eigenvalue weighted by Gasteiger charge is 2.39. The van der Waals surface area contributed by atoms with Crippen LogP contribution in [0.25, 0.3) is 0 Å². The average molecular weight is 252 g/mol. The van der Waals surface area contributed by atoms with Crippen LogP contribution in [-0.2, 0) is 9.59 Å². The molecular weight excluding hydrogens is 240 g/mol. The molecule has 94 valence electrons. The SMILES string of the molecule is N#Cc1ccc(N2C(=O)C3=C(CCCC3)C2=O)cc1. The third kappa shape index (κ3) is 1.75. The van der Waals surface area contributed by atoms with E-state index >= 15 is 0 Å². The van der Waals surface area contributed by atoms with E-state index in [1.165, 1.54) is 4.90 Å². The summed E-state index contributed by atoms with van der Waals surface area (Å²) in [4.78, 5) is 25.8. The van der Waals surface area contributed by atoms with Gasteiger partial charge in [-0.3, -0.25) is 9.59 Å². The van der Waals surface area contributed by atoms with Crippen LogP contribution in [-0.4, -0.2) is 11.8 Å². The Morgan fingerprint density at radius 3 is 1.95 bits per heavy atom. The molecule has 2 aliphatic rings. The normalized spacial score (nSPS) is 18.6. The molecule has 0 radical (unpaired) electrons. The number of nitrogens with zero attached hydrogens (tertiary/aromatic N) is 2. The molecule has 2 amide bonds. The lowest BCUT2D eigenvalue weighted by Crippen LogP contribution is -2.31. The Kier molecular flexibility index (Phi) is 2.68. The van der Waals surface area contributed by atoms with Gasteiger partial charge >= 0.3 is 0 Å². The van der Waals surface area contributed by atoms with Gasteiger partial charge in [-0.15, -0.1) is 0 Å². The van der Waals surface area contributed by atoms with Gasteiger partial charge in [0.15, 0.2) is 0 Å². The van der Waals surface area contributed by atoms with E-state index in [1.807, 2.05) is 6.07 Å². The molecular formula is C15H12N2O2. The number of nitriles is 1. The fraction of sp³-hybridized carbons (Fsp3) is 0.267. The second-order valence-corrected chi connectivity index (χ2v) is 4.77. The van der Waals surface area contributed by atoms with E-state index in [0.29, 0.717) is 35.2 Å². The van der Waals surface area contributed by atoms with E-state index in [0.717, 1.165) is 12.8 Å². The molecule has 1 aromatic rings. The molecule has 4 nitrogen and oxygen atoms in total. The summed E-state index contributed by atoms with van der Waals surface area (Å²) in [6.07, 6.45) is 3.34. The van der Waals surface area contributed by atoms with Gasteiger partial charge in [0.05, 0.1) is 17.3 Å². The lowest BCUT2D eigenvalue weighted by molar-refractivity contribution is -0.120. The molecule has 19 heavy (non-hydrogen) atoms. The van der Waals surface area contributed by atoms with E-state index in [1.54, 1.807) is 24.3 Å². The van der Waals surface area contributed by atoms with Crippen molar-refractivity contribution < 1.29 is 9.59 Å². The van der Waals surface area contributed by atoms with Crippen molar-refractivity contribution in [2.24, 2.45) is 0 Å². The van der Waals surface area contributed by atoms with Gasteiger partial charge in [-0.2, -0.15) is 5.26 Å². The van der Waals surface area contributed by atoms with Crippen LogP contribution in [0.15, 0.2) is 35.4 Å². The second kappa shape index (κ2) is 4.36. The van der Waals surface area contributed by atoms with Crippen molar-refractivity contribution in [3.8, 4) is 6.07 Å². The Morgan fingerprint density at radius 1 is 0.947 bits per heavy atom. The van der Waals surface area contributed by atoms with Crippen molar-refractivity contribution in [3.05, 3.63) is 41.0 Å². The van der Waals surface area contributed by atoms with E-state index in [2.05, 4.69) is 0 Å². The molecule has 0 bridgehead atoms. The predicted molar refractivity (Wildman–Crippen MR) is 69.1 cm³/mol. The predicted octanol–water partition coefficient (Wildman–Crippen LogP) is 2.30. The molecule has 1 aliphatic carbocycles. The molecule has 1 aliphatic heterocycles. The lowest BCUT2D eigenvalue weighted by atomic mass is 9.93. The molecule has 1 aromatic carbocycles. The molecule has 3 rings (SSSR count). The number of anilines is 1. The van der Waals surface area contributed by atoms with Crippen LogP contribution >= 0.6 is 0 Å². The van der Waals surface area contributed by atoms with Crippen molar-refractivity contribution >= 4 is 17.5 Å². The topological polar surface area (TPSA) is 61.2 Å². The first kappa shape index (κ1) is 11.7. The minimum absolute atomic E-state index is 0.190. The van der Waals surface area contributed by atoms with E-state index < -0.39 is 0 Å². The Morgan fingerprint density at radius 2 is 1.47 bits per heavy atom. The smallest absolute Gasteiger partial charge is 0.261 e. The first-order valence-electron chi connectivity index (χ1n) is 6.33. The third-order valence-electron chi connectivity index (χ3n) is 3.64. The zero-order valence-corrected chi connectivity index (χ0v) is 10.3. The average Bonchev–Trinajstić information content (AvgIpc) is 2.72. The number of hydrogen-bond acceptors (Lipinski definition) is 3. The number of benzene rings is 1. The van der Waals surface area contributed by atoms with Crippen molar-refractivity contribution in [1.82, 2.24) is 0 Å². The van der Waals surface area contributed by atoms with Crippen LogP contribution < -0.4 is 4.90 Å². The number of hydrogen-bond donors (Lipinski definition) is 0. The Balaban J connectivity index is 1.97. The zero-order valence-electron chi connectivity index (χ0n) is 10.3. The molecule has 0 saturated heterocycles. The second-order valence-electron chi connectivity index (χ2n) is 4.77. The summed E-state index contributed by atoms with van der Waals surface area (Å²) < 4.78 is 0. The van der Waals surface area contributed by atoms with E-state index in [9.17, 15) is 9.59 Å². The molecule has 0 saturated carbocycles. The molecule has 0 spiro atoms. The largest absolute Gasteiger partial charge is 0.269 e. The first-order chi connectivity index (χ1) is 9.22. The Bertz CT molecular complexity index is 607. The van der Waals surface area contributed by atoms with Gasteiger partial charge in [0.1, 0.15) is 0 Å². The third-order valence-corrected chi connectivity index (χ3v) is 3.64. The van der Waals surface area contributed by atoms with Crippen LogP contribution in [0.4, 0.5) is 5.69 Å². The summed E-state index contributed by atoms with van der Waals surface area (Å²) in [5.74, 6) is -0.381. The van der Waals surface area contributed by atoms with Crippen molar-refractivity contribution in [3.63, 3.8) is 0 Å². The molecule has 0 N–H and O–H groups in total. The fourth-order valence-electron chi connectivity index (χ4n) is 2.66. The maximum Gasteiger partial charge on any atom is 0.261 e. The summed E-state index contributed by atoms with van der Waals surface area (Å²) in [6, 6.07) is 8.55. The molecule has 4 heteroatoms. The fourth-order valence-corrected chi connectivity index (χ4v) is 2.66. The molecule has 0 atom stereocenters. The first-order valence-corrected chi connectivity index (χ1v) is 6.33. The lowest BCUT2D eigenvalue weighted by Gasteiger charge is -2.14. The van der Waals surface area contributed by atoms with E-state index in [4.69, 9.17) is 5.26 Å². The summed E-state index contributed by atoms with van der Waals surface area (Å²) in [5, 5.41) is 8.76. The maximum absolute atomic E-state index is 12.3. The number of carbonyl (C=O) groups is 2. The van der Waals surface area contributed by atoms with Gasteiger partial charge in [-0.25, -0.2) is 4.90 Å². The molecule has 0 unspecified atom stereocenters. The van der Waals surface area contributed by atoms with E-state index in [-0.39, 0.29) is 11.8 Å². The van der Waals surface area contributed by atoms with Crippen LogP contribution in [0.5, 0.6) is 0 Å². The van der Waals surface area contributed by atoms with Gasteiger partial charge in [0.2, 0.25) is 0 Å².